The maximum atomic E-state index is 12.9. The second-order valence-corrected chi connectivity index (χ2v) is 7.48. The summed E-state index contributed by atoms with van der Waals surface area (Å²) in [6.07, 6.45) is 1.60. The van der Waals surface area contributed by atoms with E-state index >= 15 is 0 Å². The van der Waals surface area contributed by atoms with Crippen molar-refractivity contribution in [1.29, 1.82) is 0 Å². The Kier molecular flexibility index (Phi) is 6.35. The molecule has 0 bridgehead atoms. The lowest BCUT2D eigenvalue weighted by molar-refractivity contribution is 0.0562. The Morgan fingerprint density at radius 3 is 2.56 bits per heavy atom. The van der Waals surface area contributed by atoms with Crippen molar-refractivity contribution in [3.63, 3.8) is 0 Å². The Balaban J connectivity index is 1.70. The third-order valence-electron chi connectivity index (χ3n) is 5.28. The number of ether oxygens (including phenoxy) is 1. The average Bonchev–Trinajstić information content (AvgIpc) is 3.44. The fourth-order valence-corrected chi connectivity index (χ4v) is 3.74. The summed E-state index contributed by atoms with van der Waals surface area (Å²) < 4.78 is 12.5. The quantitative estimate of drug-likeness (QED) is 0.408. The number of furan rings is 1. The molecule has 0 saturated heterocycles. The summed E-state index contributed by atoms with van der Waals surface area (Å²) in [6.45, 7) is 2.44. The van der Waals surface area contributed by atoms with Crippen molar-refractivity contribution in [2.24, 2.45) is 0 Å². The van der Waals surface area contributed by atoms with Gasteiger partial charge in [-0.15, -0.1) is 0 Å². The minimum absolute atomic E-state index is 0.145. The normalized spacial score (nSPS) is 11.9. The summed E-state index contributed by atoms with van der Waals surface area (Å²) in [4.78, 5) is 29.5. The fourth-order valence-electron chi connectivity index (χ4n) is 3.74. The van der Waals surface area contributed by atoms with E-state index in [1.165, 1.54) is 7.11 Å². The average molecular weight is 431 g/mol. The zero-order chi connectivity index (χ0) is 22.5. The minimum Gasteiger partial charge on any atom is -0.463 e. The number of aromatic nitrogens is 2. The first-order valence-electron chi connectivity index (χ1n) is 10.6. The molecule has 0 saturated carbocycles. The van der Waals surface area contributed by atoms with E-state index in [1.54, 1.807) is 24.3 Å². The van der Waals surface area contributed by atoms with Crippen LogP contribution in [0.5, 0.6) is 0 Å². The molecule has 2 heterocycles. The summed E-state index contributed by atoms with van der Waals surface area (Å²) in [5.74, 6) is 0.823. The van der Waals surface area contributed by atoms with E-state index in [9.17, 15) is 9.59 Å². The predicted octanol–water partition coefficient (Wildman–Crippen LogP) is 4.74. The SMILES string of the molecule is CCC[C@@H](NC(=O)c1ccccc1)c1nc2ccccc2n1Cc1ccc(C(=O)OC)o1. The van der Waals surface area contributed by atoms with E-state index in [-0.39, 0.29) is 17.7 Å². The Bertz CT molecular complexity index is 1230. The number of para-hydroxylation sites is 2. The molecule has 2 aromatic carbocycles. The Hall–Kier alpha value is -3.87. The van der Waals surface area contributed by atoms with Gasteiger partial charge in [-0.25, -0.2) is 9.78 Å². The van der Waals surface area contributed by atoms with Gasteiger partial charge in [0.2, 0.25) is 5.76 Å². The summed E-state index contributed by atoms with van der Waals surface area (Å²) >= 11 is 0. The highest BCUT2D eigenvalue weighted by molar-refractivity contribution is 5.94. The van der Waals surface area contributed by atoms with Crippen LogP contribution in [-0.4, -0.2) is 28.5 Å². The number of amides is 1. The maximum Gasteiger partial charge on any atom is 0.373 e. The number of carbonyl (C=O) groups excluding carboxylic acids is 2. The zero-order valence-electron chi connectivity index (χ0n) is 18.1. The number of hydrogen-bond donors (Lipinski definition) is 1. The molecule has 0 unspecified atom stereocenters. The molecule has 1 N–H and O–H groups in total. The molecule has 4 rings (SSSR count). The van der Waals surface area contributed by atoms with Gasteiger partial charge < -0.3 is 19.0 Å². The van der Waals surface area contributed by atoms with Gasteiger partial charge in [-0.3, -0.25) is 4.79 Å². The topological polar surface area (TPSA) is 86.4 Å². The Labute approximate surface area is 186 Å². The number of benzene rings is 2. The zero-order valence-corrected chi connectivity index (χ0v) is 18.1. The number of nitrogens with zero attached hydrogens (tertiary/aromatic N) is 2. The summed E-state index contributed by atoms with van der Waals surface area (Å²) in [5, 5.41) is 3.14. The van der Waals surface area contributed by atoms with Gasteiger partial charge in [0.25, 0.3) is 5.91 Å². The Morgan fingerprint density at radius 1 is 1.06 bits per heavy atom. The van der Waals surface area contributed by atoms with Crippen molar-refractivity contribution >= 4 is 22.9 Å². The molecular formula is C25H25N3O4. The van der Waals surface area contributed by atoms with Crippen LogP contribution < -0.4 is 5.32 Å². The lowest BCUT2D eigenvalue weighted by Crippen LogP contribution is -2.30. The van der Waals surface area contributed by atoms with Crippen molar-refractivity contribution < 1.29 is 18.7 Å². The highest BCUT2D eigenvalue weighted by Gasteiger charge is 2.23. The van der Waals surface area contributed by atoms with E-state index in [0.717, 1.165) is 29.7 Å². The van der Waals surface area contributed by atoms with Gasteiger partial charge in [-0.2, -0.15) is 0 Å². The molecule has 0 aliphatic heterocycles. The molecule has 4 aromatic rings. The number of imidazole rings is 1. The van der Waals surface area contributed by atoms with Gasteiger partial charge in [0.05, 0.1) is 30.7 Å². The predicted molar refractivity (Wildman–Crippen MR) is 120 cm³/mol. The van der Waals surface area contributed by atoms with Crippen LogP contribution in [0.25, 0.3) is 11.0 Å². The van der Waals surface area contributed by atoms with Gasteiger partial charge >= 0.3 is 5.97 Å². The first-order valence-corrected chi connectivity index (χ1v) is 10.6. The van der Waals surface area contributed by atoms with Gasteiger partial charge in [-0.1, -0.05) is 43.7 Å². The lowest BCUT2D eigenvalue weighted by atomic mass is 10.1. The number of hydrogen-bond acceptors (Lipinski definition) is 5. The van der Waals surface area contributed by atoms with Crippen molar-refractivity contribution in [1.82, 2.24) is 14.9 Å². The number of rotatable bonds is 8. The molecule has 1 atom stereocenters. The number of nitrogens with one attached hydrogen (secondary N) is 1. The number of methoxy groups -OCH3 is 1. The maximum absolute atomic E-state index is 12.9. The lowest BCUT2D eigenvalue weighted by Gasteiger charge is -2.19. The first-order chi connectivity index (χ1) is 15.6. The van der Waals surface area contributed by atoms with E-state index in [1.807, 2.05) is 47.0 Å². The molecule has 0 spiro atoms. The van der Waals surface area contributed by atoms with Crippen LogP contribution in [0.15, 0.2) is 71.1 Å². The van der Waals surface area contributed by atoms with E-state index in [0.29, 0.717) is 17.9 Å². The first kappa shape index (κ1) is 21.4. The largest absolute Gasteiger partial charge is 0.463 e. The van der Waals surface area contributed by atoms with E-state index < -0.39 is 5.97 Å². The number of carbonyl (C=O) groups is 2. The molecule has 0 radical (unpaired) electrons. The second kappa shape index (κ2) is 9.51. The van der Waals surface area contributed by atoms with Crippen molar-refractivity contribution in [3.05, 3.63) is 89.6 Å². The summed E-state index contributed by atoms with van der Waals surface area (Å²) in [6, 6.07) is 20.0. The van der Waals surface area contributed by atoms with Crippen LogP contribution in [-0.2, 0) is 11.3 Å². The fraction of sp³-hybridized carbons (Fsp3) is 0.240. The van der Waals surface area contributed by atoms with Crippen LogP contribution in [0.2, 0.25) is 0 Å². The molecule has 7 nitrogen and oxygen atoms in total. The third kappa shape index (κ3) is 4.42. The molecule has 2 aromatic heterocycles. The molecule has 0 fully saturated rings. The molecular weight excluding hydrogens is 406 g/mol. The summed E-state index contributed by atoms with van der Waals surface area (Å²) in [7, 11) is 1.32. The number of esters is 1. The van der Waals surface area contributed by atoms with Gasteiger partial charge in [0.15, 0.2) is 0 Å². The monoisotopic (exact) mass is 431 g/mol. The molecule has 0 aliphatic rings. The Morgan fingerprint density at radius 2 is 1.81 bits per heavy atom. The molecule has 164 valence electrons. The highest BCUT2D eigenvalue weighted by atomic mass is 16.5. The van der Waals surface area contributed by atoms with Crippen molar-refractivity contribution in [2.45, 2.75) is 32.4 Å². The van der Waals surface area contributed by atoms with Crippen LogP contribution in [0, 0.1) is 0 Å². The van der Waals surface area contributed by atoms with Crippen molar-refractivity contribution in [3.8, 4) is 0 Å². The molecule has 32 heavy (non-hydrogen) atoms. The van der Waals surface area contributed by atoms with Crippen LogP contribution in [0.3, 0.4) is 0 Å². The van der Waals surface area contributed by atoms with Gasteiger partial charge in [-0.05, 0) is 42.8 Å². The van der Waals surface area contributed by atoms with Crippen LogP contribution in [0.1, 0.15) is 58.3 Å². The van der Waals surface area contributed by atoms with E-state index in [4.69, 9.17) is 14.1 Å². The molecule has 7 heteroatoms. The summed E-state index contributed by atoms with van der Waals surface area (Å²) in [5.41, 5.74) is 2.36. The van der Waals surface area contributed by atoms with Gasteiger partial charge in [0, 0.05) is 5.56 Å². The minimum atomic E-state index is -0.522. The smallest absolute Gasteiger partial charge is 0.373 e. The van der Waals surface area contributed by atoms with Crippen molar-refractivity contribution in [2.75, 3.05) is 7.11 Å². The third-order valence-corrected chi connectivity index (χ3v) is 5.28. The standard InChI is InChI=1S/C25H25N3O4/c1-3-9-20(27-24(29)17-10-5-4-6-11-17)23-26-19-12-7-8-13-21(19)28(23)16-18-14-15-22(32-18)25(30)31-2/h4-8,10-15,20H,3,9,16H2,1-2H3,(H,27,29)/t20-/m1/s1. The molecule has 1 amide bonds. The van der Waals surface area contributed by atoms with Gasteiger partial charge in [0.1, 0.15) is 11.6 Å². The van der Waals surface area contributed by atoms with Crippen LogP contribution in [0.4, 0.5) is 0 Å². The van der Waals surface area contributed by atoms with E-state index in [2.05, 4.69) is 12.2 Å². The number of fused-ring (bicyclic) bond motifs is 1. The highest BCUT2D eigenvalue weighted by Crippen LogP contribution is 2.26. The second-order valence-electron chi connectivity index (χ2n) is 7.48. The molecule has 0 aliphatic carbocycles. The van der Waals surface area contributed by atoms with Crippen LogP contribution >= 0.6 is 0 Å².